The topological polar surface area (TPSA) is 55.4 Å². The van der Waals surface area contributed by atoms with Crippen LogP contribution in [0.15, 0.2) is 48.5 Å². The first-order valence-electron chi connectivity index (χ1n) is 7.97. The second-order valence-electron chi connectivity index (χ2n) is 5.85. The van der Waals surface area contributed by atoms with Crippen LogP contribution in [0.5, 0.6) is 0 Å². The van der Waals surface area contributed by atoms with Crippen molar-refractivity contribution < 1.29 is 31.9 Å². The van der Waals surface area contributed by atoms with Crippen LogP contribution in [-0.4, -0.2) is 25.0 Å². The number of esters is 1. The van der Waals surface area contributed by atoms with Gasteiger partial charge in [-0.25, -0.2) is 9.18 Å². The lowest BCUT2D eigenvalue weighted by molar-refractivity contribution is -0.145. The Hall–Kier alpha value is -2.90. The molecule has 0 radical (unpaired) electrons. The van der Waals surface area contributed by atoms with Crippen LogP contribution in [0.25, 0.3) is 0 Å². The summed E-state index contributed by atoms with van der Waals surface area (Å²) < 4.78 is 55.6. The normalized spacial score (nSPS) is 12.3. The molecule has 1 amide bonds. The van der Waals surface area contributed by atoms with Gasteiger partial charge in [-0.05, 0) is 35.4 Å². The molecular formula is C19H17F4NO3. The third kappa shape index (κ3) is 6.09. The summed E-state index contributed by atoms with van der Waals surface area (Å²) in [4.78, 5) is 24.1. The number of amides is 1. The molecule has 2 aromatic rings. The number of alkyl halides is 3. The van der Waals surface area contributed by atoms with Gasteiger partial charge in [0.05, 0.1) is 19.1 Å². The summed E-state index contributed by atoms with van der Waals surface area (Å²) >= 11 is 0. The van der Waals surface area contributed by atoms with Crippen molar-refractivity contribution in [1.82, 2.24) is 5.32 Å². The molecule has 4 nitrogen and oxygen atoms in total. The van der Waals surface area contributed by atoms with Gasteiger partial charge < -0.3 is 10.1 Å². The number of halogens is 4. The summed E-state index contributed by atoms with van der Waals surface area (Å²) in [5, 5.41) is 2.47. The van der Waals surface area contributed by atoms with E-state index in [1.807, 2.05) is 0 Å². The highest BCUT2D eigenvalue weighted by molar-refractivity contribution is 5.85. The molecule has 8 heteroatoms. The molecule has 0 bridgehead atoms. The van der Waals surface area contributed by atoms with Crippen LogP contribution in [0.4, 0.5) is 17.6 Å². The summed E-state index contributed by atoms with van der Waals surface area (Å²) in [6.45, 7) is 0. The Kier molecular flexibility index (Phi) is 6.55. The maximum atomic E-state index is 13.3. The predicted octanol–water partition coefficient (Wildman–Crippen LogP) is 3.29. The Morgan fingerprint density at radius 2 is 1.74 bits per heavy atom. The molecule has 1 N–H and O–H groups in total. The second kappa shape index (κ2) is 8.66. The first kappa shape index (κ1) is 20.4. The van der Waals surface area contributed by atoms with Crippen LogP contribution in [-0.2, 0) is 33.3 Å². The summed E-state index contributed by atoms with van der Waals surface area (Å²) in [5.41, 5.74) is 0.0281. The third-order valence-corrected chi connectivity index (χ3v) is 3.80. The standard InChI is InChI=1S/C19H17F4NO3/c1-27-18(26)16(10-13-3-2-4-15(20)9-13)24-17(25)11-12-5-7-14(8-6-12)19(21,22)23/h2-9,16H,10-11H2,1H3,(H,24,25)/t16-/m1/s1. The zero-order valence-corrected chi connectivity index (χ0v) is 14.3. The molecule has 0 aromatic heterocycles. The van der Waals surface area contributed by atoms with Gasteiger partial charge in [0.15, 0.2) is 0 Å². The van der Waals surface area contributed by atoms with E-state index in [4.69, 9.17) is 0 Å². The zero-order chi connectivity index (χ0) is 20.0. The van der Waals surface area contributed by atoms with Crippen LogP contribution in [0.3, 0.4) is 0 Å². The molecule has 0 spiro atoms. The highest BCUT2D eigenvalue weighted by atomic mass is 19.4. The average molecular weight is 383 g/mol. The fraction of sp³-hybridized carbons (Fsp3) is 0.263. The number of methoxy groups -OCH3 is 1. The van der Waals surface area contributed by atoms with Gasteiger partial charge in [-0.15, -0.1) is 0 Å². The predicted molar refractivity (Wildman–Crippen MR) is 89.2 cm³/mol. The Labute approximate surface area is 153 Å². The van der Waals surface area contributed by atoms with E-state index >= 15 is 0 Å². The van der Waals surface area contributed by atoms with Crippen molar-refractivity contribution in [2.24, 2.45) is 0 Å². The Morgan fingerprint density at radius 3 is 2.30 bits per heavy atom. The fourth-order valence-electron chi connectivity index (χ4n) is 2.48. The quantitative estimate of drug-likeness (QED) is 0.615. The van der Waals surface area contributed by atoms with E-state index in [2.05, 4.69) is 10.1 Å². The minimum Gasteiger partial charge on any atom is -0.467 e. The maximum absolute atomic E-state index is 13.3. The van der Waals surface area contributed by atoms with Crippen LogP contribution < -0.4 is 5.32 Å². The number of nitrogens with one attached hydrogen (secondary N) is 1. The number of rotatable bonds is 6. The largest absolute Gasteiger partial charge is 0.467 e. The van der Waals surface area contributed by atoms with Gasteiger partial charge in [-0.1, -0.05) is 24.3 Å². The van der Waals surface area contributed by atoms with Crippen molar-refractivity contribution in [3.8, 4) is 0 Å². The molecule has 2 rings (SSSR count). The summed E-state index contributed by atoms with van der Waals surface area (Å²) in [6.07, 6.45) is -4.65. The van der Waals surface area contributed by atoms with Gasteiger partial charge in [-0.2, -0.15) is 13.2 Å². The van der Waals surface area contributed by atoms with Gasteiger partial charge in [0, 0.05) is 6.42 Å². The summed E-state index contributed by atoms with van der Waals surface area (Å²) in [5.74, 6) is -1.76. The molecule has 144 valence electrons. The average Bonchev–Trinajstić information content (AvgIpc) is 2.60. The molecule has 0 aliphatic carbocycles. The van der Waals surface area contributed by atoms with E-state index in [1.54, 1.807) is 6.07 Å². The molecule has 2 aromatic carbocycles. The lowest BCUT2D eigenvalue weighted by Gasteiger charge is -2.17. The van der Waals surface area contributed by atoms with Gasteiger partial charge in [0.2, 0.25) is 5.91 Å². The first-order chi connectivity index (χ1) is 12.7. The smallest absolute Gasteiger partial charge is 0.416 e. The van der Waals surface area contributed by atoms with Gasteiger partial charge in [-0.3, -0.25) is 4.79 Å². The Balaban J connectivity index is 2.04. The lowest BCUT2D eigenvalue weighted by Crippen LogP contribution is -2.43. The maximum Gasteiger partial charge on any atom is 0.416 e. The number of benzene rings is 2. The molecule has 0 aliphatic rings. The van der Waals surface area contributed by atoms with E-state index in [0.29, 0.717) is 11.1 Å². The van der Waals surface area contributed by atoms with Crippen molar-refractivity contribution >= 4 is 11.9 Å². The second-order valence-corrected chi connectivity index (χ2v) is 5.85. The van der Waals surface area contributed by atoms with Crippen molar-refractivity contribution in [3.05, 3.63) is 71.0 Å². The van der Waals surface area contributed by atoms with Crippen molar-refractivity contribution in [1.29, 1.82) is 0 Å². The molecule has 0 saturated carbocycles. The molecule has 1 atom stereocenters. The van der Waals surface area contributed by atoms with Gasteiger partial charge >= 0.3 is 12.1 Å². The van der Waals surface area contributed by atoms with Gasteiger partial charge in [0.25, 0.3) is 0 Å². The molecule has 0 unspecified atom stereocenters. The molecule has 0 heterocycles. The zero-order valence-electron chi connectivity index (χ0n) is 14.3. The number of ether oxygens (including phenoxy) is 1. The first-order valence-corrected chi connectivity index (χ1v) is 7.97. The highest BCUT2D eigenvalue weighted by Crippen LogP contribution is 2.29. The monoisotopic (exact) mass is 383 g/mol. The number of hydrogen-bond donors (Lipinski definition) is 1. The van der Waals surface area contributed by atoms with Crippen LogP contribution in [0, 0.1) is 5.82 Å². The number of carbonyl (C=O) groups excluding carboxylic acids is 2. The van der Waals surface area contributed by atoms with E-state index in [-0.39, 0.29) is 12.8 Å². The van der Waals surface area contributed by atoms with E-state index < -0.39 is 35.5 Å². The fourth-order valence-corrected chi connectivity index (χ4v) is 2.48. The van der Waals surface area contributed by atoms with Crippen molar-refractivity contribution in [3.63, 3.8) is 0 Å². The molecule has 27 heavy (non-hydrogen) atoms. The molecule has 0 saturated heterocycles. The third-order valence-electron chi connectivity index (χ3n) is 3.80. The van der Waals surface area contributed by atoms with Crippen LogP contribution in [0.1, 0.15) is 16.7 Å². The minimum absolute atomic E-state index is 0.0170. The van der Waals surface area contributed by atoms with Crippen molar-refractivity contribution in [2.75, 3.05) is 7.11 Å². The SMILES string of the molecule is COC(=O)[C@@H](Cc1cccc(F)c1)NC(=O)Cc1ccc(C(F)(F)F)cc1. The van der Waals surface area contributed by atoms with E-state index in [0.717, 1.165) is 19.2 Å². The molecular weight excluding hydrogens is 366 g/mol. The Morgan fingerprint density at radius 1 is 1.07 bits per heavy atom. The number of hydrogen-bond acceptors (Lipinski definition) is 3. The minimum atomic E-state index is -4.46. The number of carbonyl (C=O) groups is 2. The van der Waals surface area contributed by atoms with Crippen molar-refractivity contribution in [2.45, 2.75) is 25.1 Å². The lowest BCUT2D eigenvalue weighted by atomic mass is 10.0. The van der Waals surface area contributed by atoms with E-state index in [9.17, 15) is 27.2 Å². The van der Waals surface area contributed by atoms with Crippen LogP contribution >= 0.6 is 0 Å². The molecule has 0 aliphatic heterocycles. The Bertz CT molecular complexity index is 803. The highest BCUT2D eigenvalue weighted by Gasteiger charge is 2.30. The summed E-state index contributed by atoms with van der Waals surface area (Å²) in [6, 6.07) is 8.67. The van der Waals surface area contributed by atoms with E-state index in [1.165, 1.54) is 30.3 Å². The summed E-state index contributed by atoms with van der Waals surface area (Å²) in [7, 11) is 1.16. The van der Waals surface area contributed by atoms with Gasteiger partial charge in [0.1, 0.15) is 11.9 Å². The van der Waals surface area contributed by atoms with Crippen LogP contribution in [0.2, 0.25) is 0 Å². The molecule has 0 fully saturated rings.